The normalized spacial score (nSPS) is 21.8. The van der Waals surface area contributed by atoms with Crippen molar-refractivity contribution in [2.24, 2.45) is 5.92 Å². The molecule has 0 radical (unpaired) electrons. The van der Waals surface area contributed by atoms with Gasteiger partial charge in [-0.1, -0.05) is 85.8 Å². The van der Waals surface area contributed by atoms with Gasteiger partial charge in [0.05, 0.1) is 12.7 Å². The van der Waals surface area contributed by atoms with Gasteiger partial charge in [0.15, 0.2) is 6.29 Å². The topological polar surface area (TPSA) is 55.8 Å². The fourth-order valence-electron chi connectivity index (χ4n) is 3.85. The maximum absolute atomic E-state index is 10.6. The summed E-state index contributed by atoms with van der Waals surface area (Å²) in [6, 6.07) is 18.0. The Balaban J connectivity index is 1.57. The molecule has 0 amide bonds. The van der Waals surface area contributed by atoms with E-state index < -0.39 is 12.3 Å². The van der Waals surface area contributed by atoms with Gasteiger partial charge in [0.1, 0.15) is 0 Å². The molecule has 0 spiro atoms. The molecule has 4 nitrogen and oxygen atoms in total. The minimum absolute atomic E-state index is 0.0294. The van der Waals surface area contributed by atoms with E-state index in [4.69, 9.17) is 26.2 Å². The molecule has 0 bridgehead atoms. The first-order valence-electron chi connectivity index (χ1n) is 10.4. The van der Waals surface area contributed by atoms with Gasteiger partial charge in [-0.3, -0.25) is 4.79 Å². The van der Waals surface area contributed by atoms with Crippen molar-refractivity contribution < 1.29 is 19.4 Å². The molecule has 3 unspecified atom stereocenters. The Labute approximate surface area is 177 Å². The van der Waals surface area contributed by atoms with Crippen molar-refractivity contribution in [2.75, 3.05) is 6.61 Å². The van der Waals surface area contributed by atoms with E-state index in [0.29, 0.717) is 11.6 Å². The highest BCUT2D eigenvalue weighted by atomic mass is 35.5. The number of benzene rings is 2. The summed E-state index contributed by atoms with van der Waals surface area (Å²) < 4.78 is 12.5. The lowest BCUT2D eigenvalue weighted by Crippen LogP contribution is -2.30. The molecule has 1 aliphatic rings. The van der Waals surface area contributed by atoms with Gasteiger partial charge in [0.25, 0.3) is 0 Å². The third kappa shape index (κ3) is 6.56. The Morgan fingerprint density at radius 1 is 0.966 bits per heavy atom. The van der Waals surface area contributed by atoms with Crippen LogP contribution in [0.5, 0.6) is 0 Å². The van der Waals surface area contributed by atoms with E-state index in [-0.39, 0.29) is 18.4 Å². The van der Waals surface area contributed by atoms with Crippen molar-refractivity contribution >= 4 is 17.6 Å². The number of hydrogen-bond donors (Lipinski definition) is 1. The van der Waals surface area contributed by atoms with Crippen LogP contribution in [0.2, 0.25) is 5.02 Å². The van der Waals surface area contributed by atoms with Crippen molar-refractivity contribution in [3.63, 3.8) is 0 Å². The summed E-state index contributed by atoms with van der Waals surface area (Å²) >= 11 is 6.35. The summed E-state index contributed by atoms with van der Waals surface area (Å²) in [6.45, 7) is 0.633. The van der Waals surface area contributed by atoms with Crippen molar-refractivity contribution in [3.05, 3.63) is 70.7 Å². The van der Waals surface area contributed by atoms with Crippen molar-refractivity contribution in [1.29, 1.82) is 0 Å². The molecule has 1 saturated heterocycles. The smallest absolute Gasteiger partial charge is 0.303 e. The van der Waals surface area contributed by atoms with Crippen LogP contribution in [0.25, 0.3) is 0 Å². The first kappa shape index (κ1) is 21.8. The van der Waals surface area contributed by atoms with Crippen molar-refractivity contribution in [2.45, 2.75) is 57.3 Å². The molecule has 0 aliphatic carbocycles. The minimum atomic E-state index is -0.708. The van der Waals surface area contributed by atoms with E-state index in [9.17, 15) is 4.79 Å². The molecule has 1 fully saturated rings. The number of halogens is 1. The molecule has 1 N–H and O–H groups in total. The number of ether oxygens (including phenoxy) is 2. The summed E-state index contributed by atoms with van der Waals surface area (Å²) in [5.41, 5.74) is 2.03. The summed E-state index contributed by atoms with van der Waals surface area (Å²) in [5, 5.41) is 9.37. The van der Waals surface area contributed by atoms with Crippen LogP contribution in [0.3, 0.4) is 0 Å². The quantitative estimate of drug-likeness (QED) is 0.445. The minimum Gasteiger partial charge on any atom is -0.481 e. The van der Waals surface area contributed by atoms with Crippen LogP contribution in [0.1, 0.15) is 68.5 Å². The summed E-state index contributed by atoms with van der Waals surface area (Å²) in [6.07, 6.45) is 5.80. The lowest BCUT2D eigenvalue weighted by molar-refractivity contribution is -0.245. The maximum Gasteiger partial charge on any atom is 0.303 e. The van der Waals surface area contributed by atoms with Crippen molar-refractivity contribution in [1.82, 2.24) is 0 Å². The first-order chi connectivity index (χ1) is 14.1. The van der Waals surface area contributed by atoms with Gasteiger partial charge in [-0.25, -0.2) is 0 Å². The largest absolute Gasteiger partial charge is 0.481 e. The molecule has 1 heterocycles. The number of carboxylic acids is 1. The number of rotatable bonds is 10. The van der Waals surface area contributed by atoms with Gasteiger partial charge < -0.3 is 14.6 Å². The predicted octanol–water partition coefficient (Wildman–Crippen LogP) is 6.56. The molecule has 3 atom stereocenters. The van der Waals surface area contributed by atoms with Crippen LogP contribution in [0.4, 0.5) is 0 Å². The van der Waals surface area contributed by atoms with E-state index in [2.05, 4.69) is 12.1 Å². The molecule has 29 heavy (non-hydrogen) atoms. The Morgan fingerprint density at radius 2 is 1.66 bits per heavy atom. The third-order valence-corrected chi connectivity index (χ3v) is 5.76. The van der Waals surface area contributed by atoms with Crippen LogP contribution >= 0.6 is 11.6 Å². The molecule has 156 valence electrons. The second kappa shape index (κ2) is 11.3. The summed E-state index contributed by atoms with van der Waals surface area (Å²) in [4.78, 5) is 10.6. The SMILES string of the molecule is O=C(O)CCCCCCCC1COC(c2ccccc2Cl)OC1c1ccccc1. The van der Waals surface area contributed by atoms with Crippen LogP contribution in [0.15, 0.2) is 54.6 Å². The fraction of sp³-hybridized carbons (Fsp3) is 0.458. The Morgan fingerprint density at radius 3 is 2.41 bits per heavy atom. The monoisotopic (exact) mass is 416 g/mol. The van der Waals surface area contributed by atoms with Crippen LogP contribution in [0, 0.1) is 5.92 Å². The van der Waals surface area contributed by atoms with E-state index in [0.717, 1.165) is 44.1 Å². The van der Waals surface area contributed by atoms with Crippen molar-refractivity contribution in [3.8, 4) is 0 Å². The maximum atomic E-state index is 10.6. The standard InChI is InChI=1S/C24H29ClO4/c25-21-15-10-9-14-20(21)24-28-17-19(13-5-2-1-3-8-16-22(26)27)23(29-24)18-11-6-4-7-12-18/h4,6-7,9-12,14-15,19,23-24H,1-3,5,8,13,16-17H2,(H,26,27). The molecular formula is C24H29ClO4. The molecule has 2 aromatic rings. The Hall–Kier alpha value is -1.88. The van der Waals surface area contributed by atoms with Gasteiger partial charge in [0, 0.05) is 22.9 Å². The van der Waals surface area contributed by atoms with Gasteiger partial charge in [-0.2, -0.15) is 0 Å². The van der Waals surface area contributed by atoms with E-state index >= 15 is 0 Å². The number of hydrogen-bond acceptors (Lipinski definition) is 3. The highest BCUT2D eigenvalue weighted by molar-refractivity contribution is 6.31. The third-order valence-electron chi connectivity index (χ3n) is 5.41. The zero-order chi connectivity index (χ0) is 20.5. The van der Waals surface area contributed by atoms with Gasteiger partial charge in [-0.05, 0) is 24.5 Å². The molecule has 5 heteroatoms. The highest BCUT2D eigenvalue weighted by Gasteiger charge is 2.34. The lowest BCUT2D eigenvalue weighted by Gasteiger charge is -2.37. The van der Waals surface area contributed by atoms with E-state index in [1.54, 1.807) is 0 Å². The van der Waals surface area contributed by atoms with Gasteiger partial charge >= 0.3 is 5.97 Å². The van der Waals surface area contributed by atoms with Gasteiger partial charge in [0.2, 0.25) is 0 Å². The van der Waals surface area contributed by atoms with Crippen LogP contribution < -0.4 is 0 Å². The first-order valence-corrected chi connectivity index (χ1v) is 10.8. The fourth-order valence-corrected chi connectivity index (χ4v) is 4.08. The molecule has 0 aromatic heterocycles. The predicted molar refractivity (Wildman–Crippen MR) is 114 cm³/mol. The second-order valence-corrected chi connectivity index (χ2v) is 8.02. The molecule has 3 rings (SSSR count). The Kier molecular flexibility index (Phi) is 8.53. The molecular weight excluding hydrogens is 388 g/mol. The number of unbranched alkanes of at least 4 members (excludes halogenated alkanes) is 4. The molecule has 0 saturated carbocycles. The second-order valence-electron chi connectivity index (χ2n) is 7.61. The Bertz CT molecular complexity index is 764. The number of aliphatic carboxylic acids is 1. The lowest BCUT2D eigenvalue weighted by atomic mass is 9.90. The van der Waals surface area contributed by atoms with Crippen LogP contribution in [-0.4, -0.2) is 17.7 Å². The summed E-state index contributed by atoms with van der Waals surface area (Å²) in [5.74, 6) is -0.421. The number of carboxylic acid groups (broad SMARTS) is 1. The average molecular weight is 417 g/mol. The molecule has 1 aliphatic heterocycles. The zero-order valence-electron chi connectivity index (χ0n) is 16.6. The number of carbonyl (C=O) groups is 1. The van der Waals surface area contributed by atoms with Gasteiger partial charge in [-0.15, -0.1) is 0 Å². The average Bonchev–Trinajstić information content (AvgIpc) is 2.74. The zero-order valence-corrected chi connectivity index (χ0v) is 17.4. The highest BCUT2D eigenvalue weighted by Crippen LogP contribution is 2.41. The van der Waals surface area contributed by atoms with E-state index in [1.165, 1.54) is 5.56 Å². The van der Waals surface area contributed by atoms with Crippen LogP contribution in [-0.2, 0) is 14.3 Å². The summed E-state index contributed by atoms with van der Waals surface area (Å²) in [7, 11) is 0. The van der Waals surface area contributed by atoms with E-state index in [1.807, 2.05) is 42.5 Å². The molecule has 2 aromatic carbocycles.